The van der Waals surface area contributed by atoms with Gasteiger partial charge < -0.3 is 16.4 Å². The van der Waals surface area contributed by atoms with Crippen LogP contribution in [0.3, 0.4) is 0 Å². The SMILES string of the molecule is NCCCN(Cc1ccccc1)c1cccc(C(N)=O)n1. The first kappa shape index (κ1) is 15.0. The van der Waals surface area contributed by atoms with Gasteiger partial charge in [-0.15, -0.1) is 0 Å². The van der Waals surface area contributed by atoms with Crippen molar-refractivity contribution < 1.29 is 4.79 Å². The molecule has 0 saturated carbocycles. The van der Waals surface area contributed by atoms with Crippen LogP contribution in [0.1, 0.15) is 22.5 Å². The van der Waals surface area contributed by atoms with Crippen molar-refractivity contribution in [2.45, 2.75) is 13.0 Å². The first-order valence-corrected chi connectivity index (χ1v) is 6.96. The van der Waals surface area contributed by atoms with E-state index < -0.39 is 5.91 Å². The summed E-state index contributed by atoms with van der Waals surface area (Å²) in [6.45, 7) is 2.11. The van der Waals surface area contributed by atoms with E-state index in [9.17, 15) is 4.79 Å². The summed E-state index contributed by atoms with van der Waals surface area (Å²) in [5, 5.41) is 0. The Morgan fingerprint density at radius 1 is 1.10 bits per heavy atom. The molecule has 1 aromatic carbocycles. The molecule has 0 fully saturated rings. The van der Waals surface area contributed by atoms with E-state index in [2.05, 4.69) is 22.0 Å². The number of amides is 1. The van der Waals surface area contributed by atoms with Gasteiger partial charge in [-0.1, -0.05) is 36.4 Å². The average molecular weight is 284 g/mol. The van der Waals surface area contributed by atoms with Crippen LogP contribution >= 0.6 is 0 Å². The van der Waals surface area contributed by atoms with Crippen molar-refractivity contribution in [1.82, 2.24) is 4.98 Å². The van der Waals surface area contributed by atoms with Crippen LogP contribution in [-0.4, -0.2) is 24.0 Å². The van der Waals surface area contributed by atoms with Crippen LogP contribution in [0.4, 0.5) is 5.82 Å². The Morgan fingerprint density at radius 2 is 1.86 bits per heavy atom. The molecule has 21 heavy (non-hydrogen) atoms. The first-order chi connectivity index (χ1) is 10.2. The minimum absolute atomic E-state index is 0.276. The fraction of sp³-hybridized carbons (Fsp3) is 0.250. The normalized spacial score (nSPS) is 10.3. The number of aromatic nitrogens is 1. The van der Waals surface area contributed by atoms with Crippen molar-refractivity contribution >= 4 is 11.7 Å². The summed E-state index contributed by atoms with van der Waals surface area (Å²) in [5.74, 6) is 0.221. The van der Waals surface area contributed by atoms with Gasteiger partial charge in [0.05, 0.1) is 0 Å². The first-order valence-electron chi connectivity index (χ1n) is 6.96. The van der Waals surface area contributed by atoms with Gasteiger partial charge in [0.15, 0.2) is 0 Å². The number of pyridine rings is 1. The third-order valence-corrected chi connectivity index (χ3v) is 3.16. The molecule has 5 nitrogen and oxygen atoms in total. The quantitative estimate of drug-likeness (QED) is 0.807. The molecule has 0 radical (unpaired) electrons. The number of nitrogens with zero attached hydrogens (tertiary/aromatic N) is 2. The molecular formula is C16H20N4O. The second-order valence-electron chi connectivity index (χ2n) is 4.79. The van der Waals surface area contributed by atoms with Gasteiger partial charge in [0.25, 0.3) is 5.91 Å². The smallest absolute Gasteiger partial charge is 0.267 e. The van der Waals surface area contributed by atoms with Gasteiger partial charge in [-0.3, -0.25) is 4.79 Å². The van der Waals surface area contributed by atoms with Crippen molar-refractivity contribution in [2.24, 2.45) is 11.5 Å². The molecule has 1 aromatic heterocycles. The van der Waals surface area contributed by atoms with Crippen LogP contribution in [0.15, 0.2) is 48.5 Å². The van der Waals surface area contributed by atoms with Gasteiger partial charge in [-0.05, 0) is 30.7 Å². The molecular weight excluding hydrogens is 264 g/mol. The summed E-state index contributed by atoms with van der Waals surface area (Å²) in [6.07, 6.45) is 0.856. The molecule has 0 bridgehead atoms. The highest BCUT2D eigenvalue weighted by Gasteiger charge is 2.11. The summed E-state index contributed by atoms with van der Waals surface area (Å²) >= 11 is 0. The van der Waals surface area contributed by atoms with Crippen LogP contribution in [0.2, 0.25) is 0 Å². The fourth-order valence-corrected chi connectivity index (χ4v) is 2.10. The second kappa shape index (κ2) is 7.40. The van der Waals surface area contributed by atoms with E-state index in [0.717, 1.165) is 25.3 Å². The zero-order chi connectivity index (χ0) is 15.1. The van der Waals surface area contributed by atoms with Gasteiger partial charge in [0, 0.05) is 13.1 Å². The molecule has 1 heterocycles. The van der Waals surface area contributed by atoms with Gasteiger partial charge in [-0.2, -0.15) is 0 Å². The number of primary amides is 1. The van der Waals surface area contributed by atoms with Gasteiger partial charge in [0.2, 0.25) is 0 Å². The Balaban J connectivity index is 2.22. The minimum Gasteiger partial charge on any atom is -0.364 e. The van der Waals surface area contributed by atoms with Gasteiger partial charge in [-0.25, -0.2) is 4.98 Å². The van der Waals surface area contributed by atoms with Crippen molar-refractivity contribution in [3.05, 3.63) is 59.8 Å². The number of hydrogen-bond acceptors (Lipinski definition) is 4. The lowest BCUT2D eigenvalue weighted by Crippen LogP contribution is -2.27. The van der Waals surface area contributed by atoms with Gasteiger partial charge in [0.1, 0.15) is 11.5 Å². The summed E-state index contributed by atoms with van der Waals surface area (Å²) in [4.78, 5) is 17.7. The van der Waals surface area contributed by atoms with Gasteiger partial charge >= 0.3 is 0 Å². The van der Waals surface area contributed by atoms with Crippen LogP contribution < -0.4 is 16.4 Å². The van der Waals surface area contributed by atoms with E-state index in [1.54, 1.807) is 12.1 Å². The minimum atomic E-state index is -0.518. The molecule has 1 amide bonds. The Morgan fingerprint density at radius 3 is 2.52 bits per heavy atom. The maximum absolute atomic E-state index is 11.3. The van der Waals surface area contributed by atoms with Crippen molar-refractivity contribution in [2.75, 3.05) is 18.0 Å². The number of carbonyl (C=O) groups is 1. The zero-order valence-electron chi connectivity index (χ0n) is 11.9. The van der Waals surface area contributed by atoms with Crippen LogP contribution in [0, 0.1) is 0 Å². The highest BCUT2D eigenvalue weighted by molar-refractivity contribution is 5.91. The summed E-state index contributed by atoms with van der Waals surface area (Å²) < 4.78 is 0. The predicted molar refractivity (Wildman–Crippen MR) is 83.9 cm³/mol. The molecule has 110 valence electrons. The van der Waals surface area contributed by atoms with Crippen LogP contribution in [-0.2, 0) is 6.54 Å². The van der Waals surface area contributed by atoms with E-state index in [0.29, 0.717) is 6.54 Å². The monoisotopic (exact) mass is 284 g/mol. The second-order valence-corrected chi connectivity index (χ2v) is 4.79. The van der Waals surface area contributed by atoms with E-state index in [-0.39, 0.29) is 5.69 Å². The zero-order valence-corrected chi connectivity index (χ0v) is 11.9. The summed E-state index contributed by atoms with van der Waals surface area (Å²) in [5.41, 5.74) is 12.4. The topological polar surface area (TPSA) is 85.2 Å². The largest absolute Gasteiger partial charge is 0.364 e. The Labute approximate surface area is 124 Å². The van der Waals surface area contributed by atoms with E-state index >= 15 is 0 Å². The number of rotatable bonds is 7. The molecule has 0 aliphatic carbocycles. The standard InChI is InChI=1S/C16H20N4O/c17-10-5-11-20(12-13-6-2-1-3-7-13)15-9-4-8-14(19-15)16(18)21/h1-4,6-9H,5,10-12,17H2,(H2,18,21). The number of hydrogen-bond donors (Lipinski definition) is 2. The molecule has 0 aliphatic heterocycles. The molecule has 2 aromatic rings. The molecule has 0 spiro atoms. The van der Waals surface area contributed by atoms with Crippen molar-refractivity contribution in [3.63, 3.8) is 0 Å². The summed E-state index contributed by atoms with van der Waals surface area (Å²) in [6, 6.07) is 15.4. The molecule has 5 heteroatoms. The van der Waals surface area contributed by atoms with Crippen LogP contribution in [0.25, 0.3) is 0 Å². The van der Waals surface area contributed by atoms with Crippen LogP contribution in [0.5, 0.6) is 0 Å². The molecule has 2 rings (SSSR count). The van der Waals surface area contributed by atoms with E-state index in [4.69, 9.17) is 11.5 Å². The highest BCUT2D eigenvalue weighted by Crippen LogP contribution is 2.15. The highest BCUT2D eigenvalue weighted by atomic mass is 16.1. The Bertz CT molecular complexity index is 586. The molecule has 0 atom stereocenters. The fourth-order valence-electron chi connectivity index (χ4n) is 2.10. The maximum Gasteiger partial charge on any atom is 0.267 e. The van der Waals surface area contributed by atoms with E-state index in [1.165, 1.54) is 5.56 Å². The number of nitrogens with two attached hydrogens (primary N) is 2. The Hall–Kier alpha value is -2.40. The molecule has 0 unspecified atom stereocenters. The maximum atomic E-state index is 11.3. The van der Waals surface area contributed by atoms with Crippen molar-refractivity contribution in [3.8, 4) is 0 Å². The molecule has 0 aliphatic rings. The third-order valence-electron chi connectivity index (χ3n) is 3.16. The number of benzene rings is 1. The predicted octanol–water partition coefficient (Wildman–Crippen LogP) is 1.54. The lowest BCUT2D eigenvalue weighted by Gasteiger charge is -2.24. The third kappa shape index (κ3) is 4.29. The molecule has 0 saturated heterocycles. The lowest BCUT2D eigenvalue weighted by molar-refractivity contribution is 0.0995. The summed E-state index contributed by atoms with van der Waals surface area (Å²) in [7, 11) is 0. The molecule has 4 N–H and O–H groups in total. The number of carbonyl (C=O) groups excluding carboxylic acids is 1. The lowest BCUT2D eigenvalue weighted by atomic mass is 10.2. The average Bonchev–Trinajstić information content (AvgIpc) is 2.52. The number of anilines is 1. The van der Waals surface area contributed by atoms with Crippen molar-refractivity contribution in [1.29, 1.82) is 0 Å². The Kier molecular flexibility index (Phi) is 5.29. The van der Waals surface area contributed by atoms with E-state index in [1.807, 2.05) is 24.3 Å².